The van der Waals surface area contributed by atoms with Gasteiger partial charge >= 0.3 is 5.97 Å². The number of aliphatic carboxylic acids is 1. The second kappa shape index (κ2) is 4.61. The SMILES string of the molecule is CC(C(=O)O)c1ccc2c(c1)C(O)c1cccnc1O2. The minimum Gasteiger partial charge on any atom is -0.481 e. The molecule has 1 aromatic heterocycles. The zero-order valence-electron chi connectivity index (χ0n) is 10.8. The van der Waals surface area contributed by atoms with Gasteiger partial charge in [-0.1, -0.05) is 6.07 Å². The van der Waals surface area contributed by atoms with Crippen molar-refractivity contribution >= 4 is 5.97 Å². The van der Waals surface area contributed by atoms with Gasteiger partial charge in [0.05, 0.1) is 5.92 Å². The van der Waals surface area contributed by atoms with E-state index in [9.17, 15) is 9.90 Å². The Labute approximate surface area is 115 Å². The third kappa shape index (κ3) is 1.92. The fraction of sp³-hybridized carbons (Fsp3) is 0.200. The van der Waals surface area contributed by atoms with E-state index in [0.717, 1.165) is 0 Å². The summed E-state index contributed by atoms with van der Waals surface area (Å²) >= 11 is 0. The molecule has 0 aliphatic carbocycles. The van der Waals surface area contributed by atoms with Gasteiger partial charge in [-0.2, -0.15) is 0 Å². The topological polar surface area (TPSA) is 79.7 Å². The molecule has 102 valence electrons. The predicted molar refractivity (Wildman–Crippen MR) is 70.9 cm³/mol. The van der Waals surface area contributed by atoms with E-state index < -0.39 is 18.0 Å². The van der Waals surface area contributed by atoms with Crippen LogP contribution in [0.2, 0.25) is 0 Å². The first kappa shape index (κ1) is 12.6. The molecule has 0 radical (unpaired) electrons. The number of ether oxygens (including phenoxy) is 1. The number of nitrogens with zero attached hydrogens (tertiary/aromatic N) is 1. The lowest BCUT2D eigenvalue weighted by atomic mass is 9.93. The lowest BCUT2D eigenvalue weighted by Crippen LogP contribution is -2.13. The molecule has 5 nitrogen and oxygen atoms in total. The van der Waals surface area contributed by atoms with Crippen LogP contribution >= 0.6 is 0 Å². The maximum atomic E-state index is 11.0. The average molecular weight is 271 g/mol. The number of aromatic nitrogens is 1. The van der Waals surface area contributed by atoms with Crippen LogP contribution in [0.25, 0.3) is 0 Å². The van der Waals surface area contributed by atoms with Crippen molar-refractivity contribution in [1.29, 1.82) is 0 Å². The van der Waals surface area contributed by atoms with Crippen molar-refractivity contribution in [3.8, 4) is 11.6 Å². The zero-order chi connectivity index (χ0) is 14.3. The minimum absolute atomic E-state index is 0.381. The number of aliphatic hydroxyl groups is 1. The normalized spacial score (nSPS) is 17.6. The molecule has 20 heavy (non-hydrogen) atoms. The lowest BCUT2D eigenvalue weighted by Gasteiger charge is -2.24. The molecule has 0 spiro atoms. The Morgan fingerprint density at radius 1 is 1.35 bits per heavy atom. The van der Waals surface area contributed by atoms with E-state index in [1.165, 1.54) is 0 Å². The van der Waals surface area contributed by atoms with E-state index in [2.05, 4.69) is 4.98 Å². The summed E-state index contributed by atoms with van der Waals surface area (Å²) in [5.41, 5.74) is 1.78. The van der Waals surface area contributed by atoms with E-state index in [-0.39, 0.29) is 0 Å². The number of carboxylic acids is 1. The van der Waals surface area contributed by atoms with Crippen LogP contribution in [0.15, 0.2) is 36.5 Å². The van der Waals surface area contributed by atoms with E-state index >= 15 is 0 Å². The Bertz CT molecular complexity index is 683. The first-order chi connectivity index (χ1) is 9.58. The Hall–Kier alpha value is -2.40. The lowest BCUT2D eigenvalue weighted by molar-refractivity contribution is -0.138. The summed E-state index contributed by atoms with van der Waals surface area (Å²) in [5.74, 6) is -0.655. The first-order valence-corrected chi connectivity index (χ1v) is 6.25. The number of benzene rings is 1. The van der Waals surface area contributed by atoms with Crippen molar-refractivity contribution in [3.63, 3.8) is 0 Å². The monoisotopic (exact) mass is 271 g/mol. The molecular formula is C15H13NO4. The molecule has 2 unspecified atom stereocenters. The molecule has 0 bridgehead atoms. The molecule has 0 amide bonds. The number of hydrogen-bond donors (Lipinski definition) is 2. The van der Waals surface area contributed by atoms with Crippen LogP contribution in [0.5, 0.6) is 11.6 Å². The van der Waals surface area contributed by atoms with Crippen molar-refractivity contribution < 1.29 is 19.7 Å². The van der Waals surface area contributed by atoms with Crippen LogP contribution in [0.1, 0.15) is 35.6 Å². The number of rotatable bonds is 2. The molecule has 0 saturated carbocycles. The van der Waals surface area contributed by atoms with Gasteiger partial charge in [-0.3, -0.25) is 4.79 Å². The number of fused-ring (bicyclic) bond motifs is 2. The number of pyridine rings is 1. The predicted octanol–water partition coefficient (Wildman–Crippen LogP) is 2.46. The van der Waals surface area contributed by atoms with Crippen molar-refractivity contribution in [3.05, 3.63) is 53.2 Å². The number of carbonyl (C=O) groups is 1. The van der Waals surface area contributed by atoms with Crippen molar-refractivity contribution in [2.24, 2.45) is 0 Å². The molecule has 2 N–H and O–H groups in total. The molecule has 1 aliphatic rings. The third-order valence-electron chi connectivity index (χ3n) is 3.50. The molecule has 0 saturated heterocycles. The van der Waals surface area contributed by atoms with Crippen LogP contribution in [0.3, 0.4) is 0 Å². The quantitative estimate of drug-likeness (QED) is 0.877. The second-order valence-corrected chi connectivity index (χ2v) is 4.76. The van der Waals surface area contributed by atoms with Crippen LogP contribution in [-0.2, 0) is 4.79 Å². The van der Waals surface area contributed by atoms with Crippen LogP contribution in [0, 0.1) is 0 Å². The van der Waals surface area contributed by atoms with Crippen LogP contribution < -0.4 is 4.74 Å². The van der Waals surface area contributed by atoms with Crippen LogP contribution in [0.4, 0.5) is 0 Å². The van der Waals surface area contributed by atoms with Gasteiger partial charge in [0.15, 0.2) is 0 Å². The van der Waals surface area contributed by atoms with Crippen molar-refractivity contribution in [2.45, 2.75) is 18.9 Å². The van der Waals surface area contributed by atoms with Crippen molar-refractivity contribution in [2.75, 3.05) is 0 Å². The fourth-order valence-electron chi connectivity index (χ4n) is 2.25. The molecule has 1 aliphatic heterocycles. The highest BCUT2D eigenvalue weighted by molar-refractivity contribution is 5.75. The van der Waals surface area contributed by atoms with Gasteiger partial charge in [0.25, 0.3) is 0 Å². The summed E-state index contributed by atoms with van der Waals surface area (Å²) in [6.45, 7) is 1.61. The molecule has 2 heterocycles. The first-order valence-electron chi connectivity index (χ1n) is 6.25. The van der Waals surface area contributed by atoms with Gasteiger partial charge < -0.3 is 14.9 Å². The van der Waals surface area contributed by atoms with Gasteiger partial charge in [0, 0.05) is 17.3 Å². The van der Waals surface area contributed by atoms with E-state index in [1.54, 1.807) is 43.5 Å². The van der Waals surface area contributed by atoms with Crippen molar-refractivity contribution in [1.82, 2.24) is 4.98 Å². The Morgan fingerprint density at radius 3 is 2.90 bits per heavy atom. The number of carboxylic acid groups (broad SMARTS) is 1. The number of hydrogen-bond acceptors (Lipinski definition) is 4. The maximum Gasteiger partial charge on any atom is 0.310 e. The van der Waals surface area contributed by atoms with E-state index in [4.69, 9.17) is 9.84 Å². The minimum atomic E-state index is -0.904. The molecular weight excluding hydrogens is 258 g/mol. The van der Waals surface area contributed by atoms with E-state index in [0.29, 0.717) is 28.3 Å². The molecule has 0 fully saturated rings. The maximum absolute atomic E-state index is 11.0. The summed E-state index contributed by atoms with van der Waals surface area (Å²) in [7, 11) is 0. The summed E-state index contributed by atoms with van der Waals surface area (Å²) < 4.78 is 5.62. The average Bonchev–Trinajstić information content (AvgIpc) is 2.46. The third-order valence-corrected chi connectivity index (χ3v) is 3.50. The summed E-state index contributed by atoms with van der Waals surface area (Å²) in [6, 6.07) is 8.50. The molecule has 2 aromatic rings. The molecule has 1 aromatic carbocycles. The standard InChI is InChI=1S/C15H13NO4/c1-8(15(18)19)9-4-5-12-11(7-9)13(17)10-3-2-6-16-14(10)20-12/h2-8,13,17H,1H3,(H,18,19). The highest BCUT2D eigenvalue weighted by Gasteiger charge is 2.27. The van der Waals surface area contributed by atoms with Gasteiger partial charge in [-0.25, -0.2) is 4.98 Å². The summed E-state index contributed by atoms with van der Waals surface area (Å²) in [6.07, 6.45) is 0.737. The smallest absolute Gasteiger partial charge is 0.310 e. The van der Waals surface area contributed by atoms with Crippen LogP contribution in [-0.4, -0.2) is 21.2 Å². The van der Waals surface area contributed by atoms with E-state index in [1.807, 2.05) is 0 Å². The summed E-state index contributed by atoms with van der Waals surface area (Å²) in [5, 5.41) is 19.5. The number of aliphatic hydroxyl groups excluding tert-OH is 1. The fourth-order valence-corrected chi connectivity index (χ4v) is 2.25. The largest absolute Gasteiger partial charge is 0.481 e. The second-order valence-electron chi connectivity index (χ2n) is 4.76. The summed E-state index contributed by atoms with van der Waals surface area (Å²) in [4.78, 5) is 15.1. The van der Waals surface area contributed by atoms with Gasteiger partial charge in [0.2, 0.25) is 5.88 Å². The zero-order valence-corrected chi connectivity index (χ0v) is 10.8. The highest BCUT2D eigenvalue weighted by atomic mass is 16.5. The molecule has 2 atom stereocenters. The van der Waals surface area contributed by atoms with Gasteiger partial charge in [-0.05, 0) is 36.8 Å². The molecule has 5 heteroatoms. The Kier molecular flexibility index (Phi) is 2.91. The molecule has 3 rings (SSSR count). The van der Waals surface area contributed by atoms with Gasteiger partial charge in [-0.15, -0.1) is 0 Å². The Balaban J connectivity index is 2.06. The Morgan fingerprint density at radius 2 is 2.15 bits per heavy atom. The highest BCUT2D eigenvalue weighted by Crippen LogP contribution is 2.42. The van der Waals surface area contributed by atoms with Gasteiger partial charge in [0.1, 0.15) is 11.9 Å².